The number of carbonyl (C=O) groups is 1. The predicted molar refractivity (Wildman–Crippen MR) is 119 cm³/mol. The maximum atomic E-state index is 13.2. The van der Waals surface area contributed by atoms with Gasteiger partial charge in [0.15, 0.2) is 0 Å². The highest BCUT2D eigenvalue weighted by atomic mass is 32.2. The summed E-state index contributed by atoms with van der Waals surface area (Å²) in [4.78, 5) is 12.5. The predicted octanol–water partition coefficient (Wildman–Crippen LogP) is 4.19. The lowest BCUT2D eigenvalue weighted by atomic mass is 10.1. The summed E-state index contributed by atoms with van der Waals surface area (Å²) in [6.45, 7) is 0.509. The third-order valence-electron chi connectivity index (χ3n) is 4.55. The maximum absolute atomic E-state index is 13.2. The van der Waals surface area contributed by atoms with Gasteiger partial charge in [-0.2, -0.15) is 0 Å². The fourth-order valence-corrected chi connectivity index (χ4v) is 3.93. The first-order valence-electron chi connectivity index (χ1n) is 9.48. The number of anilines is 2. The molecule has 6 nitrogen and oxygen atoms in total. The van der Waals surface area contributed by atoms with Crippen LogP contribution in [0.1, 0.15) is 21.5 Å². The average molecular weight is 443 g/mol. The number of rotatable bonds is 8. The SMILES string of the molecule is COCc1cccc(NC(=O)c2ccc(CN(c3ccc(F)cc3)S(C)(=O)=O)cc2)c1. The molecule has 0 bridgehead atoms. The Morgan fingerprint density at radius 1 is 1.00 bits per heavy atom. The molecule has 162 valence electrons. The van der Waals surface area contributed by atoms with Crippen LogP contribution in [0.25, 0.3) is 0 Å². The van der Waals surface area contributed by atoms with Gasteiger partial charge in [-0.25, -0.2) is 12.8 Å². The summed E-state index contributed by atoms with van der Waals surface area (Å²) in [6.07, 6.45) is 1.09. The molecule has 3 rings (SSSR count). The van der Waals surface area contributed by atoms with E-state index in [0.29, 0.717) is 29.1 Å². The van der Waals surface area contributed by atoms with Gasteiger partial charge >= 0.3 is 0 Å². The number of amides is 1. The van der Waals surface area contributed by atoms with Crippen LogP contribution in [0.5, 0.6) is 0 Å². The molecule has 31 heavy (non-hydrogen) atoms. The zero-order valence-electron chi connectivity index (χ0n) is 17.2. The third-order valence-corrected chi connectivity index (χ3v) is 5.69. The topological polar surface area (TPSA) is 75.7 Å². The molecular weight excluding hydrogens is 419 g/mol. The molecule has 0 spiro atoms. The smallest absolute Gasteiger partial charge is 0.255 e. The van der Waals surface area contributed by atoms with Gasteiger partial charge in [-0.3, -0.25) is 9.10 Å². The van der Waals surface area contributed by atoms with Crippen LogP contribution in [0, 0.1) is 5.82 Å². The van der Waals surface area contributed by atoms with Gasteiger partial charge in [-0.15, -0.1) is 0 Å². The summed E-state index contributed by atoms with van der Waals surface area (Å²) in [5.41, 5.74) is 3.09. The molecule has 0 saturated carbocycles. The first kappa shape index (κ1) is 22.5. The molecule has 3 aromatic carbocycles. The van der Waals surface area contributed by atoms with Crippen molar-refractivity contribution >= 4 is 27.3 Å². The van der Waals surface area contributed by atoms with E-state index in [4.69, 9.17) is 4.74 Å². The largest absolute Gasteiger partial charge is 0.380 e. The van der Waals surface area contributed by atoms with Gasteiger partial charge in [0, 0.05) is 18.4 Å². The minimum absolute atomic E-state index is 0.0609. The molecule has 0 aliphatic carbocycles. The van der Waals surface area contributed by atoms with Crippen LogP contribution in [-0.4, -0.2) is 27.7 Å². The second-order valence-corrected chi connectivity index (χ2v) is 8.94. The van der Waals surface area contributed by atoms with Gasteiger partial charge in [0.25, 0.3) is 5.91 Å². The Hall–Kier alpha value is -3.23. The third kappa shape index (κ3) is 6.13. The van der Waals surface area contributed by atoms with Crippen molar-refractivity contribution in [2.75, 3.05) is 23.0 Å². The van der Waals surface area contributed by atoms with E-state index in [1.165, 1.54) is 28.6 Å². The number of methoxy groups -OCH3 is 1. The number of sulfonamides is 1. The molecule has 1 N–H and O–H groups in total. The number of hydrogen-bond donors (Lipinski definition) is 1. The quantitative estimate of drug-likeness (QED) is 0.568. The van der Waals surface area contributed by atoms with Crippen molar-refractivity contribution in [1.29, 1.82) is 0 Å². The van der Waals surface area contributed by atoms with Gasteiger partial charge in [0.2, 0.25) is 10.0 Å². The van der Waals surface area contributed by atoms with Crippen LogP contribution >= 0.6 is 0 Å². The standard InChI is InChI=1S/C23H23FN2O4S/c1-30-16-18-4-3-5-21(14-18)25-23(27)19-8-6-17(7-9-19)15-26(31(2,28)29)22-12-10-20(24)11-13-22/h3-14H,15-16H2,1-2H3,(H,25,27). The Bertz CT molecular complexity index is 1150. The molecule has 1 amide bonds. The highest BCUT2D eigenvalue weighted by Crippen LogP contribution is 2.21. The van der Waals surface area contributed by atoms with E-state index in [1.807, 2.05) is 18.2 Å². The molecule has 8 heteroatoms. The average Bonchev–Trinajstić information content (AvgIpc) is 2.73. The van der Waals surface area contributed by atoms with E-state index in [1.54, 1.807) is 37.4 Å². The van der Waals surface area contributed by atoms with Crippen molar-refractivity contribution in [3.8, 4) is 0 Å². The fraction of sp³-hybridized carbons (Fsp3) is 0.174. The van der Waals surface area contributed by atoms with Crippen molar-refractivity contribution in [2.24, 2.45) is 0 Å². The van der Waals surface area contributed by atoms with Crippen LogP contribution in [0.2, 0.25) is 0 Å². The van der Waals surface area contributed by atoms with Crippen molar-refractivity contribution < 1.29 is 22.3 Å². The zero-order valence-corrected chi connectivity index (χ0v) is 18.0. The Morgan fingerprint density at radius 3 is 2.29 bits per heavy atom. The Kier molecular flexibility index (Phi) is 7.04. The summed E-state index contributed by atoms with van der Waals surface area (Å²) in [6, 6.07) is 19.3. The molecule has 0 radical (unpaired) electrons. The summed E-state index contributed by atoms with van der Waals surface area (Å²) in [5, 5.41) is 2.84. The number of nitrogens with one attached hydrogen (secondary N) is 1. The van der Waals surface area contributed by atoms with Gasteiger partial charge < -0.3 is 10.1 Å². The molecule has 0 saturated heterocycles. The molecule has 0 unspecified atom stereocenters. The van der Waals surface area contributed by atoms with Crippen LogP contribution in [-0.2, 0) is 27.9 Å². The van der Waals surface area contributed by atoms with E-state index in [2.05, 4.69) is 5.32 Å². The molecule has 0 fully saturated rings. The van der Waals surface area contributed by atoms with Gasteiger partial charge in [-0.05, 0) is 59.7 Å². The second kappa shape index (κ2) is 9.72. The van der Waals surface area contributed by atoms with Gasteiger partial charge in [-0.1, -0.05) is 24.3 Å². The first-order chi connectivity index (χ1) is 14.8. The zero-order chi connectivity index (χ0) is 22.4. The van der Waals surface area contributed by atoms with Crippen LogP contribution < -0.4 is 9.62 Å². The second-order valence-electron chi connectivity index (χ2n) is 7.03. The van der Waals surface area contributed by atoms with Crippen molar-refractivity contribution in [2.45, 2.75) is 13.2 Å². The molecule has 0 heterocycles. The number of ether oxygens (including phenoxy) is 1. The monoisotopic (exact) mass is 442 g/mol. The van der Waals surface area contributed by atoms with Crippen LogP contribution in [0.4, 0.5) is 15.8 Å². The lowest BCUT2D eigenvalue weighted by Crippen LogP contribution is -2.29. The Labute approximate surface area is 181 Å². The van der Waals surface area contributed by atoms with E-state index in [0.717, 1.165) is 11.8 Å². The molecular formula is C23H23FN2O4S. The maximum Gasteiger partial charge on any atom is 0.255 e. The van der Waals surface area contributed by atoms with Crippen LogP contribution in [0.15, 0.2) is 72.8 Å². The lowest BCUT2D eigenvalue weighted by Gasteiger charge is -2.22. The van der Waals surface area contributed by atoms with Crippen molar-refractivity contribution in [3.05, 3.63) is 95.3 Å². The van der Waals surface area contributed by atoms with Gasteiger partial charge in [0.1, 0.15) is 5.82 Å². The van der Waals surface area contributed by atoms with E-state index in [9.17, 15) is 17.6 Å². The highest BCUT2D eigenvalue weighted by molar-refractivity contribution is 7.92. The number of carbonyl (C=O) groups excluding carboxylic acids is 1. The van der Waals surface area contributed by atoms with E-state index < -0.39 is 15.8 Å². The fourth-order valence-electron chi connectivity index (χ4n) is 3.04. The van der Waals surface area contributed by atoms with Crippen molar-refractivity contribution in [1.82, 2.24) is 0 Å². The number of benzene rings is 3. The normalized spacial score (nSPS) is 11.2. The first-order valence-corrected chi connectivity index (χ1v) is 11.3. The number of hydrogen-bond acceptors (Lipinski definition) is 4. The highest BCUT2D eigenvalue weighted by Gasteiger charge is 2.18. The summed E-state index contributed by atoms with van der Waals surface area (Å²) in [7, 11) is -1.98. The van der Waals surface area contributed by atoms with Crippen molar-refractivity contribution in [3.63, 3.8) is 0 Å². The summed E-state index contributed by atoms with van der Waals surface area (Å²) in [5.74, 6) is -0.722. The molecule has 0 aliphatic rings. The lowest BCUT2D eigenvalue weighted by molar-refractivity contribution is 0.102. The molecule has 0 aromatic heterocycles. The van der Waals surface area contributed by atoms with E-state index in [-0.39, 0.29) is 12.5 Å². The number of nitrogens with zero attached hydrogens (tertiary/aromatic N) is 1. The molecule has 0 atom stereocenters. The van der Waals surface area contributed by atoms with Gasteiger partial charge in [0.05, 0.1) is 25.1 Å². The Balaban J connectivity index is 1.73. The minimum Gasteiger partial charge on any atom is -0.380 e. The van der Waals surface area contributed by atoms with E-state index >= 15 is 0 Å². The summed E-state index contributed by atoms with van der Waals surface area (Å²) < 4.78 is 43.9. The van der Waals surface area contributed by atoms with Crippen LogP contribution in [0.3, 0.4) is 0 Å². The Morgan fingerprint density at radius 2 is 1.68 bits per heavy atom. The molecule has 0 aliphatic heterocycles. The minimum atomic E-state index is -3.58. The summed E-state index contributed by atoms with van der Waals surface area (Å²) >= 11 is 0. The number of halogens is 1. The molecule has 3 aromatic rings.